The summed E-state index contributed by atoms with van der Waals surface area (Å²) in [6.45, 7) is 5.64. The van der Waals surface area contributed by atoms with Gasteiger partial charge in [-0.3, -0.25) is 0 Å². The average Bonchev–Trinajstić information content (AvgIpc) is 2.63. The first-order valence-electron chi connectivity index (χ1n) is 8.38. The van der Waals surface area contributed by atoms with Crippen molar-refractivity contribution in [1.82, 2.24) is 4.98 Å². The standard InChI is InChI=1S/C19H26N2O4/c1-16-13-19(21-14-18(16)20)25-12-11-23-8-7-22-9-10-24-15-17-5-3-2-4-6-17/h2-6,13-14H,7-12,15,20H2,1H3. The van der Waals surface area contributed by atoms with Gasteiger partial charge in [-0.25, -0.2) is 4.98 Å². The molecule has 6 nitrogen and oxygen atoms in total. The van der Waals surface area contributed by atoms with Crippen LogP contribution in [0.15, 0.2) is 42.6 Å². The van der Waals surface area contributed by atoms with Crippen LogP contribution in [-0.4, -0.2) is 44.6 Å². The molecule has 2 rings (SSSR count). The second-order valence-electron chi connectivity index (χ2n) is 5.49. The quantitative estimate of drug-likeness (QED) is 0.595. The van der Waals surface area contributed by atoms with E-state index in [4.69, 9.17) is 24.7 Å². The van der Waals surface area contributed by atoms with Crippen LogP contribution in [-0.2, 0) is 20.8 Å². The number of hydrogen-bond acceptors (Lipinski definition) is 6. The molecular formula is C19H26N2O4. The van der Waals surface area contributed by atoms with E-state index in [1.165, 1.54) is 0 Å². The molecule has 0 saturated carbocycles. The first-order valence-corrected chi connectivity index (χ1v) is 8.38. The predicted molar refractivity (Wildman–Crippen MR) is 96.6 cm³/mol. The van der Waals surface area contributed by atoms with Crippen molar-refractivity contribution in [2.45, 2.75) is 13.5 Å². The van der Waals surface area contributed by atoms with Crippen molar-refractivity contribution in [3.8, 4) is 5.88 Å². The monoisotopic (exact) mass is 346 g/mol. The molecule has 1 aromatic carbocycles. The molecule has 0 radical (unpaired) electrons. The van der Waals surface area contributed by atoms with Gasteiger partial charge in [0.25, 0.3) is 0 Å². The zero-order valence-corrected chi connectivity index (χ0v) is 14.6. The lowest BCUT2D eigenvalue weighted by Crippen LogP contribution is -2.13. The van der Waals surface area contributed by atoms with Gasteiger partial charge < -0.3 is 24.7 Å². The number of ether oxygens (including phenoxy) is 4. The van der Waals surface area contributed by atoms with E-state index < -0.39 is 0 Å². The van der Waals surface area contributed by atoms with Crippen LogP contribution in [0.5, 0.6) is 5.88 Å². The van der Waals surface area contributed by atoms with Crippen LogP contribution in [0.3, 0.4) is 0 Å². The highest BCUT2D eigenvalue weighted by molar-refractivity contribution is 5.45. The molecule has 0 aliphatic heterocycles. The summed E-state index contributed by atoms with van der Waals surface area (Å²) < 4.78 is 21.9. The SMILES string of the molecule is Cc1cc(OCCOCCOCCOCc2ccccc2)ncc1N. The van der Waals surface area contributed by atoms with Crippen LogP contribution >= 0.6 is 0 Å². The summed E-state index contributed by atoms with van der Waals surface area (Å²) in [6, 6.07) is 11.9. The lowest BCUT2D eigenvalue weighted by Gasteiger charge is -2.08. The highest BCUT2D eigenvalue weighted by Gasteiger charge is 1.99. The minimum absolute atomic E-state index is 0.441. The molecule has 0 aliphatic rings. The molecule has 2 aromatic rings. The first kappa shape index (κ1) is 19.2. The molecular weight excluding hydrogens is 320 g/mol. The number of rotatable bonds is 12. The lowest BCUT2D eigenvalue weighted by molar-refractivity contribution is 0.00576. The van der Waals surface area contributed by atoms with Crippen LogP contribution < -0.4 is 10.5 Å². The number of nitrogens with two attached hydrogens (primary N) is 1. The van der Waals surface area contributed by atoms with Gasteiger partial charge in [-0.1, -0.05) is 30.3 Å². The molecule has 2 N–H and O–H groups in total. The molecule has 0 saturated heterocycles. The molecule has 1 aromatic heterocycles. The van der Waals surface area contributed by atoms with Crippen molar-refractivity contribution >= 4 is 5.69 Å². The number of anilines is 1. The molecule has 1 heterocycles. The number of pyridine rings is 1. The van der Waals surface area contributed by atoms with Gasteiger partial charge in [0.2, 0.25) is 5.88 Å². The van der Waals surface area contributed by atoms with E-state index in [-0.39, 0.29) is 0 Å². The number of aromatic nitrogens is 1. The van der Waals surface area contributed by atoms with E-state index in [1.807, 2.05) is 43.3 Å². The molecule has 0 atom stereocenters. The fraction of sp³-hybridized carbons (Fsp3) is 0.421. The van der Waals surface area contributed by atoms with Crippen LogP contribution in [0.1, 0.15) is 11.1 Å². The van der Waals surface area contributed by atoms with Gasteiger partial charge in [-0.2, -0.15) is 0 Å². The topological polar surface area (TPSA) is 75.8 Å². The zero-order valence-electron chi connectivity index (χ0n) is 14.6. The minimum Gasteiger partial charge on any atom is -0.475 e. The second kappa shape index (κ2) is 11.4. The Morgan fingerprint density at radius 2 is 1.52 bits per heavy atom. The lowest BCUT2D eigenvalue weighted by atomic mass is 10.2. The molecule has 136 valence electrons. The molecule has 0 fully saturated rings. The summed E-state index contributed by atoms with van der Waals surface area (Å²) >= 11 is 0. The Kier molecular flexibility index (Phi) is 8.75. The smallest absolute Gasteiger partial charge is 0.213 e. The van der Waals surface area contributed by atoms with Crippen LogP contribution in [0.2, 0.25) is 0 Å². The van der Waals surface area contributed by atoms with E-state index in [1.54, 1.807) is 6.20 Å². The minimum atomic E-state index is 0.441. The van der Waals surface area contributed by atoms with E-state index in [9.17, 15) is 0 Å². The van der Waals surface area contributed by atoms with Crippen molar-refractivity contribution in [1.29, 1.82) is 0 Å². The molecule has 25 heavy (non-hydrogen) atoms. The fourth-order valence-corrected chi connectivity index (χ4v) is 2.03. The Balaban J connectivity index is 1.39. The van der Waals surface area contributed by atoms with Crippen LogP contribution in [0, 0.1) is 6.92 Å². The largest absolute Gasteiger partial charge is 0.475 e. The van der Waals surface area contributed by atoms with Gasteiger partial charge in [0.15, 0.2) is 0 Å². The number of hydrogen-bond donors (Lipinski definition) is 1. The summed E-state index contributed by atoms with van der Waals surface area (Å²) in [5.74, 6) is 0.558. The van der Waals surface area contributed by atoms with Gasteiger partial charge >= 0.3 is 0 Å². The van der Waals surface area contributed by atoms with E-state index in [0.717, 1.165) is 11.1 Å². The normalized spacial score (nSPS) is 10.8. The highest BCUT2D eigenvalue weighted by Crippen LogP contribution is 2.14. The third kappa shape index (κ3) is 7.98. The fourth-order valence-electron chi connectivity index (χ4n) is 2.03. The third-order valence-electron chi connectivity index (χ3n) is 3.46. The van der Waals surface area contributed by atoms with E-state index in [0.29, 0.717) is 57.8 Å². The predicted octanol–water partition coefficient (Wildman–Crippen LogP) is 2.60. The zero-order chi connectivity index (χ0) is 17.7. The molecule has 0 unspecified atom stereocenters. The molecule has 6 heteroatoms. The van der Waals surface area contributed by atoms with Crippen molar-refractivity contribution in [2.24, 2.45) is 0 Å². The summed E-state index contributed by atoms with van der Waals surface area (Å²) in [4.78, 5) is 4.10. The molecule has 0 spiro atoms. The Morgan fingerprint density at radius 3 is 2.20 bits per heavy atom. The Bertz CT molecular complexity index is 608. The highest BCUT2D eigenvalue weighted by atomic mass is 16.6. The van der Waals surface area contributed by atoms with Gasteiger partial charge in [0.1, 0.15) is 6.61 Å². The van der Waals surface area contributed by atoms with Crippen molar-refractivity contribution < 1.29 is 18.9 Å². The molecule has 0 bridgehead atoms. The van der Waals surface area contributed by atoms with Gasteiger partial charge in [-0.15, -0.1) is 0 Å². The number of nitrogen functional groups attached to an aromatic ring is 1. The van der Waals surface area contributed by atoms with Crippen molar-refractivity contribution in [3.05, 3.63) is 53.7 Å². The van der Waals surface area contributed by atoms with Gasteiger partial charge in [0.05, 0.1) is 51.5 Å². The van der Waals surface area contributed by atoms with E-state index >= 15 is 0 Å². The van der Waals surface area contributed by atoms with Crippen LogP contribution in [0.25, 0.3) is 0 Å². The van der Waals surface area contributed by atoms with E-state index in [2.05, 4.69) is 4.98 Å². The van der Waals surface area contributed by atoms with Crippen molar-refractivity contribution in [2.75, 3.05) is 45.4 Å². The first-order chi connectivity index (χ1) is 12.3. The molecule has 0 amide bonds. The average molecular weight is 346 g/mol. The number of nitrogens with zero attached hydrogens (tertiary/aromatic N) is 1. The van der Waals surface area contributed by atoms with Gasteiger partial charge in [0, 0.05) is 6.07 Å². The Labute approximate surface area is 148 Å². The summed E-state index contributed by atoms with van der Waals surface area (Å²) in [7, 11) is 0. The summed E-state index contributed by atoms with van der Waals surface area (Å²) in [5.41, 5.74) is 8.48. The Morgan fingerprint density at radius 1 is 0.880 bits per heavy atom. The Hall–Kier alpha value is -2.15. The second-order valence-corrected chi connectivity index (χ2v) is 5.49. The number of aryl methyl sites for hydroxylation is 1. The summed E-state index contributed by atoms with van der Waals surface area (Å²) in [6.07, 6.45) is 1.60. The third-order valence-corrected chi connectivity index (χ3v) is 3.46. The van der Waals surface area contributed by atoms with Gasteiger partial charge in [-0.05, 0) is 18.1 Å². The maximum atomic E-state index is 5.71. The number of benzene rings is 1. The maximum absolute atomic E-state index is 5.71. The maximum Gasteiger partial charge on any atom is 0.213 e. The summed E-state index contributed by atoms with van der Waals surface area (Å²) in [5, 5.41) is 0. The van der Waals surface area contributed by atoms with Crippen LogP contribution in [0.4, 0.5) is 5.69 Å². The van der Waals surface area contributed by atoms with Crippen molar-refractivity contribution in [3.63, 3.8) is 0 Å². The molecule has 0 aliphatic carbocycles.